The Balaban J connectivity index is 2.39. The number of nitrogens with two attached hydrogens (primary N) is 1. The number of hydrogen-bond donors (Lipinski definition) is 2. The van der Waals surface area contributed by atoms with Gasteiger partial charge in [-0.3, -0.25) is 9.59 Å². The van der Waals surface area contributed by atoms with Crippen LogP contribution < -0.4 is 11.4 Å². The second-order valence-electron chi connectivity index (χ2n) is 10.3. The number of carbonyl (C=O) groups is 1. The number of nitrogen functional groups attached to an aromatic ring is 1. The molecule has 39 heavy (non-hydrogen) atoms. The smallest absolute Gasteiger partial charge is 0.299 e. The molecule has 9 heteroatoms. The molecule has 0 aliphatic carbocycles. The van der Waals surface area contributed by atoms with Crippen LogP contribution >= 0.6 is 0 Å². The van der Waals surface area contributed by atoms with E-state index in [1.807, 2.05) is 11.0 Å². The van der Waals surface area contributed by atoms with Crippen LogP contribution in [0.15, 0.2) is 39.3 Å². The summed E-state index contributed by atoms with van der Waals surface area (Å²) in [7, 11) is 0. The van der Waals surface area contributed by atoms with Crippen molar-refractivity contribution in [2.75, 3.05) is 18.9 Å². The van der Waals surface area contributed by atoms with Crippen molar-refractivity contribution < 1.29 is 9.90 Å². The van der Waals surface area contributed by atoms with Crippen molar-refractivity contribution in [3.05, 3.63) is 51.3 Å². The van der Waals surface area contributed by atoms with Gasteiger partial charge >= 0.3 is 0 Å². The second kappa shape index (κ2) is 15.7. The van der Waals surface area contributed by atoms with Gasteiger partial charge in [-0.15, -0.1) is 5.11 Å². The van der Waals surface area contributed by atoms with Gasteiger partial charge < -0.3 is 15.8 Å². The summed E-state index contributed by atoms with van der Waals surface area (Å²) in [5.74, 6) is 5.85. The SMILES string of the molecule is CCCCC(CC)CN(CC(CC)CCCC)C(=O)c1cccc(N=Nc2c(C)c(C#N)c(O)n(N)c2=O)c1. The van der Waals surface area contributed by atoms with E-state index in [4.69, 9.17) is 5.84 Å². The molecule has 9 nitrogen and oxygen atoms in total. The molecule has 3 N–H and O–H groups in total. The quantitative estimate of drug-likeness (QED) is 0.192. The number of amides is 1. The standard InChI is InChI=1S/C30H44N6O3/c1-6-10-13-22(8-3)19-35(20-23(9-4)14-11-7-2)28(37)24-15-12-16-25(17-24)33-34-27-21(5)26(18-31)29(38)36(32)30(27)39/h12,15-17,22-23,38H,6-11,13-14,19-20,32H2,1-5H3. The molecular formula is C30H44N6O3. The minimum absolute atomic E-state index is 0.0335. The number of carbonyl (C=O) groups excluding carboxylic acids is 1. The lowest BCUT2D eigenvalue weighted by Gasteiger charge is -2.31. The van der Waals surface area contributed by atoms with Gasteiger partial charge in [-0.25, -0.2) is 0 Å². The average Bonchev–Trinajstić information content (AvgIpc) is 2.95. The lowest BCUT2D eigenvalue weighted by atomic mass is 9.95. The highest BCUT2D eigenvalue weighted by Crippen LogP contribution is 2.27. The van der Waals surface area contributed by atoms with Crippen molar-refractivity contribution in [2.45, 2.75) is 86.0 Å². The molecule has 1 aromatic carbocycles. The van der Waals surface area contributed by atoms with Gasteiger partial charge in [0.05, 0.1) is 5.69 Å². The molecule has 0 saturated carbocycles. The molecule has 2 atom stereocenters. The molecule has 0 spiro atoms. The first-order chi connectivity index (χ1) is 18.7. The topological polar surface area (TPSA) is 137 Å². The summed E-state index contributed by atoms with van der Waals surface area (Å²) in [6.07, 6.45) is 8.83. The maximum Gasteiger partial charge on any atom is 0.299 e. The molecule has 1 heterocycles. The fourth-order valence-corrected chi connectivity index (χ4v) is 4.72. The van der Waals surface area contributed by atoms with Crippen LogP contribution in [-0.4, -0.2) is 33.7 Å². The number of benzene rings is 1. The molecule has 2 aromatic rings. The van der Waals surface area contributed by atoms with Crippen molar-refractivity contribution in [1.82, 2.24) is 9.58 Å². The fourth-order valence-electron chi connectivity index (χ4n) is 4.72. The van der Waals surface area contributed by atoms with Crippen LogP contribution in [0, 0.1) is 30.1 Å². The van der Waals surface area contributed by atoms with Gasteiger partial charge in [-0.1, -0.05) is 72.3 Å². The van der Waals surface area contributed by atoms with E-state index in [1.165, 1.54) is 6.92 Å². The molecule has 0 bridgehead atoms. The average molecular weight is 537 g/mol. The van der Waals surface area contributed by atoms with Crippen molar-refractivity contribution in [1.29, 1.82) is 5.26 Å². The number of nitrogens with zero attached hydrogens (tertiary/aromatic N) is 5. The first-order valence-electron chi connectivity index (χ1n) is 14.2. The zero-order valence-corrected chi connectivity index (χ0v) is 24.1. The number of aromatic hydroxyl groups is 1. The number of hydrogen-bond acceptors (Lipinski definition) is 7. The summed E-state index contributed by atoms with van der Waals surface area (Å²) in [4.78, 5) is 28.4. The Kier molecular flexibility index (Phi) is 12.7. The third kappa shape index (κ3) is 8.41. The lowest BCUT2D eigenvalue weighted by Crippen LogP contribution is -2.39. The Morgan fingerprint density at radius 3 is 2.18 bits per heavy atom. The van der Waals surface area contributed by atoms with E-state index in [9.17, 15) is 20.0 Å². The molecule has 0 fully saturated rings. The molecule has 2 rings (SSSR count). The van der Waals surface area contributed by atoms with Gasteiger partial charge in [-0.2, -0.15) is 15.1 Å². The Morgan fingerprint density at radius 1 is 1.08 bits per heavy atom. The summed E-state index contributed by atoms with van der Waals surface area (Å²) in [6.45, 7) is 11.7. The lowest BCUT2D eigenvalue weighted by molar-refractivity contribution is 0.0685. The van der Waals surface area contributed by atoms with Crippen LogP contribution in [0.4, 0.5) is 11.4 Å². The van der Waals surface area contributed by atoms with Gasteiger partial charge in [-0.05, 0) is 49.8 Å². The largest absolute Gasteiger partial charge is 0.492 e. The van der Waals surface area contributed by atoms with Crippen LogP contribution in [0.3, 0.4) is 0 Å². The Morgan fingerprint density at radius 2 is 1.67 bits per heavy atom. The van der Waals surface area contributed by atoms with Gasteiger partial charge in [0.2, 0.25) is 5.88 Å². The molecule has 0 saturated heterocycles. The number of azo groups is 1. The Labute approximate surface area is 232 Å². The highest BCUT2D eigenvalue weighted by molar-refractivity contribution is 5.95. The predicted octanol–water partition coefficient (Wildman–Crippen LogP) is 6.74. The highest BCUT2D eigenvalue weighted by atomic mass is 16.3. The van der Waals surface area contributed by atoms with Crippen molar-refractivity contribution in [3.63, 3.8) is 0 Å². The van der Waals surface area contributed by atoms with E-state index in [1.54, 1.807) is 24.3 Å². The molecule has 0 aliphatic rings. The predicted molar refractivity (Wildman–Crippen MR) is 155 cm³/mol. The van der Waals surface area contributed by atoms with Crippen LogP contribution in [0.2, 0.25) is 0 Å². The third-order valence-electron chi connectivity index (χ3n) is 7.40. The van der Waals surface area contributed by atoms with E-state index >= 15 is 0 Å². The fraction of sp³-hybridized carbons (Fsp3) is 0.567. The van der Waals surface area contributed by atoms with Gasteiger partial charge in [0.1, 0.15) is 11.6 Å². The number of aromatic nitrogens is 1. The highest BCUT2D eigenvalue weighted by Gasteiger charge is 2.23. The van der Waals surface area contributed by atoms with Gasteiger partial charge in [0, 0.05) is 24.2 Å². The number of unbranched alkanes of at least 4 members (excludes halogenated alkanes) is 2. The van der Waals surface area contributed by atoms with Crippen molar-refractivity contribution >= 4 is 17.3 Å². The summed E-state index contributed by atoms with van der Waals surface area (Å²) in [6, 6.07) is 8.71. The van der Waals surface area contributed by atoms with E-state index in [0.717, 1.165) is 64.5 Å². The van der Waals surface area contributed by atoms with Crippen LogP contribution in [-0.2, 0) is 0 Å². The van der Waals surface area contributed by atoms with Crippen LogP contribution in [0.5, 0.6) is 5.88 Å². The molecule has 1 amide bonds. The minimum Gasteiger partial charge on any atom is -0.492 e. The first-order valence-corrected chi connectivity index (χ1v) is 14.2. The molecule has 212 valence electrons. The monoisotopic (exact) mass is 536 g/mol. The van der Waals surface area contributed by atoms with Gasteiger partial charge in [0.15, 0.2) is 5.69 Å². The number of pyridine rings is 1. The van der Waals surface area contributed by atoms with Gasteiger partial charge in [0.25, 0.3) is 11.5 Å². The second-order valence-corrected chi connectivity index (χ2v) is 10.3. The Bertz CT molecular complexity index is 1210. The first kappa shape index (κ1) is 31.5. The minimum atomic E-state index is -0.776. The van der Waals surface area contributed by atoms with Crippen molar-refractivity contribution in [3.8, 4) is 11.9 Å². The summed E-state index contributed by atoms with van der Waals surface area (Å²) >= 11 is 0. The molecular weight excluding hydrogens is 492 g/mol. The van der Waals surface area contributed by atoms with E-state index < -0.39 is 11.4 Å². The number of rotatable bonds is 15. The zero-order chi connectivity index (χ0) is 28.9. The normalized spacial score (nSPS) is 12.8. The van der Waals surface area contributed by atoms with Crippen LogP contribution in [0.25, 0.3) is 0 Å². The number of nitriles is 1. The van der Waals surface area contributed by atoms with Crippen molar-refractivity contribution in [2.24, 2.45) is 22.1 Å². The molecule has 2 unspecified atom stereocenters. The van der Waals surface area contributed by atoms with Crippen LogP contribution in [0.1, 0.15) is 101 Å². The maximum absolute atomic E-state index is 13.8. The summed E-state index contributed by atoms with van der Waals surface area (Å²) in [5.41, 5.74) is 0.0198. The Hall–Kier alpha value is -3.67. The third-order valence-corrected chi connectivity index (χ3v) is 7.40. The molecule has 1 aromatic heterocycles. The van der Waals surface area contributed by atoms with E-state index in [0.29, 0.717) is 27.8 Å². The van der Waals surface area contributed by atoms with E-state index in [-0.39, 0.29) is 22.7 Å². The summed E-state index contributed by atoms with van der Waals surface area (Å²) in [5, 5.41) is 27.5. The zero-order valence-electron chi connectivity index (χ0n) is 24.1. The molecule has 0 radical (unpaired) electrons. The van der Waals surface area contributed by atoms with E-state index in [2.05, 4.69) is 37.9 Å². The molecule has 0 aliphatic heterocycles. The summed E-state index contributed by atoms with van der Waals surface area (Å²) < 4.78 is 0.475. The maximum atomic E-state index is 13.8.